The monoisotopic (exact) mass is 380 g/mol. The molecule has 2 heterocycles. The SMILES string of the molecule is C/C=C/F.CCCc1cc(NCC(=O)N2CCC2)ncn1.OC(F)(F)F. The van der Waals surface area contributed by atoms with Crippen molar-refractivity contribution in [2.24, 2.45) is 0 Å². The molecule has 0 bridgehead atoms. The molecule has 26 heavy (non-hydrogen) atoms. The summed E-state index contributed by atoms with van der Waals surface area (Å²) in [6, 6.07) is 1.91. The molecule has 0 unspecified atom stereocenters. The first kappa shape index (κ1) is 23.8. The van der Waals surface area contributed by atoms with Crippen LogP contribution in [0.5, 0.6) is 0 Å². The second kappa shape index (κ2) is 13.0. The molecule has 0 radical (unpaired) electrons. The van der Waals surface area contributed by atoms with Gasteiger partial charge >= 0.3 is 6.36 Å². The first-order valence-electron chi connectivity index (χ1n) is 8.04. The number of carbonyl (C=O) groups excluding carboxylic acids is 1. The zero-order valence-electron chi connectivity index (χ0n) is 14.8. The fraction of sp³-hybridized carbons (Fsp3) is 0.562. The largest absolute Gasteiger partial charge is 0.519 e. The summed E-state index contributed by atoms with van der Waals surface area (Å²) in [5.74, 6) is 0.879. The van der Waals surface area contributed by atoms with Crippen molar-refractivity contribution in [2.45, 2.75) is 39.5 Å². The Kier molecular flexibility index (Phi) is 11.9. The number of anilines is 1. The molecule has 0 aliphatic carbocycles. The van der Waals surface area contributed by atoms with E-state index in [-0.39, 0.29) is 5.91 Å². The van der Waals surface area contributed by atoms with Crippen LogP contribution < -0.4 is 5.32 Å². The maximum atomic E-state index is 11.6. The number of allylic oxidation sites excluding steroid dienone is 1. The van der Waals surface area contributed by atoms with Crippen LogP contribution in [0.2, 0.25) is 0 Å². The molecule has 1 aromatic rings. The van der Waals surface area contributed by atoms with E-state index in [1.165, 1.54) is 6.08 Å². The summed E-state index contributed by atoms with van der Waals surface area (Å²) >= 11 is 0. The fourth-order valence-electron chi connectivity index (χ4n) is 1.73. The van der Waals surface area contributed by atoms with Crippen molar-refractivity contribution < 1.29 is 27.5 Å². The van der Waals surface area contributed by atoms with E-state index >= 15 is 0 Å². The maximum absolute atomic E-state index is 11.6. The molecule has 1 aromatic heterocycles. The van der Waals surface area contributed by atoms with Crippen LogP contribution in [-0.4, -0.2) is 51.9 Å². The molecule has 0 spiro atoms. The van der Waals surface area contributed by atoms with E-state index in [9.17, 15) is 22.4 Å². The number of nitrogens with zero attached hydrogens (tertiary/aromatic N) is 3. The Morgan fingerprint density at radius 1 is 1.38 bits per heavy atom. The van der Waals surface area contributed by atoms with E-state index in [4.69, 9.17) is 5.11 Å². The molecule has 2 N–H and O–H groups in total. The smallest absolute Gasteiger partial charge is 0.361 e. The zero-order valence-corrected chi connectivity index (χ0v) is 14.8. The number of nitrogens with one attached hydrogen (secondary N) is 1. The van der Waals surface area contributed by atoms with Crippen LogP contribution in [0.15, 0.2) is 24.8 Å². The third-order valence-corrected chi connectivity index (χ3v) is 2.99. The Labute approximate surface area is 149 Å². The van der Waals surface area contributed by atoms with Gasteiger partial charge < -0.3 is 15.3 Å². The van der Waals surface area contributed by atoms with Crippen LogP contribution in [0.4, 0.5) is 23.4 Å². The summed E-state index contributed by atoms with van der Waals surface area (Å²) < 4.78 is 40.3. The van der Waals surface area contributed by atoms with Gasteiger partial charge in [-0.25, -0.2) is 14.4 Å². The van der Waals surface area contributed by atoms with Crippen molar-refractivity contribution in [1.82, 2.24) is 14.9 Å². The second-order valence-corrected chi connectivity index (χ2v) is 5.16. The number of halogens is 4. The lowest BCUT2D eigenvalue weighted by molar-refractivity contribution is -0.295. The highest BCUT2D eigenvalue weighted by atomic mass is 19.4. The molecule has 0 saturated carbocycles. The van der Waals surface area contributed by atoms with Crippen molar-refractivity contribution >= 4 is 11.7 Å². The Hall–Kier alpha value is -2.23. The van der Waals surface area contributed by atoms with Gasteiger partial charge in [0.1, 0.15) is 12.1 Å². The van der Waals surface area contributed by atoms with Gasteiger partial charge in [0.15, 0.2) is 0 Å². The number of aryl methyl sites for hydroxylation is 1. The second-order valence-electron chi connectivity index (χ2n) is 5.16. The molecule has 1 aliphatic rings. The van der Waals surface area contributed by atoms with E-state index in [1.807, 2.05) is 11.0 Å². The van der Waals surface area contributed by atoms with Gasteiger partial charge in [-0.2, -0.15) is 0 Å². The average molecular weight is 380 g/mol. The molecular weight excluding hydrogens is 356 g/mol. The molecule has 6 nitrogen and oxygen atoms in total. The first-order valence-corrected chi connectivity index (χ1v) is 8.04. The molecule has 0 aromatic carbocycles. The van der Waals surface area contributed by atoms with Crippen molar-refractivity contribution in [2.75, 3.05) is 25.0 Å². The fourth-order valence-corrected chi connectivity index (χ4v) is 1.73. The third-order valence-electron chi connectivity index (χ3n) is 2.99. The summed E-state index contributed by atoms with van der Waals surface area (Å²) in [5.41, 5.74) is 1.02. The standard InChI is InChI=1S/C12H18N4O.C3H5F.CHF3O/c1-2-4-10-7-11(15-9-14-10)13-8-12(17)16-5-3-6-16;1-2-3-4;2-1(3,4)5/h7,9H,2-6,8H2,1H3,(H,13,14,15);2-3H,1H3;5H/b;3-2+;. The van der Waals surface area contributed by atoms with Crippen molar-refractivity contribution in [3.05, 3.63) is 30.5 Å². The highest BCUT2D eigenvalue weighted by molar-refractivity contribution is 5.81. The van der Waals surface area contributed by atoms with Crippen molar-refractivity contribution in [3.8, 4) is 0 Å². The van der Waals surface area contributed by atoms with Crippen LogP contribution in [0.1, 0.15) is 32.4 Å². The Bertz CT molecular complexity index is 539. The van der Waals surface area contributed by atoms with E-state index < -0.39 is 6.36 Å². The number of carbonyl (C=O) groups is 1. The van der Waals surface area contributed by atoms with Crippen molar-refractivity contribution in [1.29, 1.82) is 0 Å². The van der Waals surface area contributed by atoms with Gasteiger partial charge in [0.2, 0.25) is 5.91 Å². The van der Waals surface area contributed by atoms with Crippen molar-refractivity contribution in [3.63, 3.8) is 0 Å². The molecule has 1 amide bonds. The summed E-state index contributed by atoms with van der Waals surface area (Å²) in [4.78, 5) is 21.8. The van der Waals surface area contributed by atoms with Crippen LogP contribution in [0, 0.1) is 0 Å². The number of hydrogen-bond acceptors (Lipinski definition) is 5. The highest BCUT2D eigenvalue weighted by Gasteiger charge is 2.20. The van der Waals surface area contributed by atoms with Crippen LogP contribution in [0.3, 0.4) is 0 Å². The molecular formula is C16H24F4N4O2. The number of aliphatic hydroxyl groups is 1. The minimum absolute atomic E-state index is 0.145. The minimum atomic E-state index is -5.00. The predicted octanol–water partition coefficient (Wildman–Crippen LogP) is 3.06. The number of alkyl halides is 3. The van der Waals surface area contributed by atoms with E-state index in [0.29, 0.717) is 12.9 Å². The summed E-state index contributed by atoms with van der Waals surface area (Å²) in [7, 11) is 0. The summed E-state index contributed by atoms with van der Waals surface area (Å²) in [6.07, 6.45) is 1.50. The van der Waals surface area contributed by atoms with Gasteiger partial charge in [-0.3, -0.25) is 4.79 Å². The lowest BCUT2D eigenvalue weighted by Gasteiger charge is -2.30. The number of aromatic nitrogens is 2. The van der Waals surface area contributed by atoms with Gasteiger partial charge in [0, 0.05) is 24.8 Å². The van der Waals surface area contributed by atoms with Gasteiger partial charge in [-0.15, -0.1) is 13.2 Å². The normalized spacial score (nSPS) is 13.1. The van der Waals surface area contributed by atoms with Crippen LogP contribution in [-0.2, 0) is 11.2 Å². The number of rotatable bonds is 5. The van der Waals surface area contributed by atoms with Crippen LogP contribution in [0.25, 0.3) is 0 Å². The molecule has 1 aliphatic heterocycles. The quantitative estimate of drug-likeness (QED) is 0.768. The van der Waals surface area contributed by atoms with E-state index in [2.05, 4.69) is 22.2 Å². The lowest BCUT2D eigenvalue weighted by Crippen LogP contribution is -2.44. The topological polar surface area (TPSA) is 78.4 Å². The van der Waals surface area contributed by atoms with Gasteiger partial charge in [0.25, 0.3) is 0 Å². The van der Waals surface area contributed by atoms with Crippen LogP contribution >= 0.6 is 0 Å². The van der Waals surface area contributed by atoms with E-state index in [0.717, 1.165) is 43.9 Å². The minimum Gasteiger partial charge on any atom is -0.361 e. The Balaban J connectivity index is 0.000000582. The molecule has 1 fully saturated rings. The number of likely N-dealkylation sites (tertiary alicyclic amines) is 1. The first-order chi connectivity index (χ1) is 12.2. The zero-order chi connectivity index (χ0) is 20.0. The van der Waals surface area contributed by atoms with Gasteiger partial charge in [-0.1, -0.05) is 19.4 Å². The molecule has 1 saturated heterocycles. The van der Waals surface area contributed by atoms with Gasteiger partial charge in [0.05, 0.1) is 12.9 Å². The number of amides is 1. The molecule has 0 atom stereocenters. The Morgan fingerprint density at radius 3 is 2.38 bits per heavy atom. The molecule has 10 heteroatoms. The highest BCUT2D eigenvalue weighted by Crippen LogP contribution is 2.08. The molecule has 148 valence electrons. The molecule has 2 rings (SSSR count). The number of hydrogen-bond donors (Lipinski definition) is 2. The summed E-state index contributed by atoms with van der Waals surface area (Å²) in [6.45, 7) is 5.85. The van der Waals surface area contributed by atoms with E-state index in [1.54, 1.807) is 13.3 Å². The summed E-state index contributed by atoms with van der Waals surface area (Å²) in [5, 5.41) is 9.57. The average Bonchev–Trinajstić information content (AvgIpc) is 2.51. The predicted molar refractivity (Wildman–Crippen MR) is 89.9 cm³/mol. The van der Waals surface area contributed by atoms with Gasteiger partial charge in [-0.05, 0) is 19.8 Å². The third kappa shape index (κ3) is 13.1. The maximum Gasteiger partial charge on any atom is 0.519 e. The Morgan fingerprint density at radius 2 is 1.96 bits per heavy atom. The lowest BCUT2D eigenvalue weighted by atomic mass is 10.2.